The molecule has 0 radical (unpaired) electrons. The number of halogens is 1. The number of carbonyl (C=O) groups excluding carboxylic acids is 1. The second-order valence-corrected chi connectivity index (χ2v) is 5.46. The lowest BCUT2D eigenvalue weighted by atomic mass is 10.1. The summed E-state index contributed by atoms with van der Waals surface area (Å²) in [7, 11) is 0. The van der Waals surface area contributed by atoms with Gasteiger partial charge in [-0.05, 0) is 11.6 Å². The number of aliphatic hydroxyl groups excluding tert-OH is 3. The van der Waals surface area contributed by atoms with E-state index in [2.05, 4.69) is 9.97 Å². The maximum atomic E-state index is 11.6. The summed E-state index contributed by atoms with van der Waals surface area (Å²) in [5.74, 6) is -0.836. The van der Waals surface area contributed by atoms with E-state index in [-0.39, 0.29) is 27.7 Å². The van der Waals surface area contributed by atoms with Crippen LogP contribution in [-0.4, -0.2) is 60.7 Å². The lowest BCUT2D eigenvalue weighted by molar-refractivity contribution is -0.0508. The summed E-state index contributed by atoms with van der Waals surface area (Å²) in [5.41, 5.74) is 11.2. The lowest BCUT2D eigenvalue weighted by Gasteiger charge is -2.17. The smallest absolute Gasteiger partial charge is 0.251 e. The molecular weight excluding hydrogens is 330 g/mol. The first-order valence-corrected chi connectivity index (χ1v) is 6.98. The van der Waals surface area contributed by atoms with Crippen LogP contribution in [0.3, 0.4) is 0 Å². The highest BCUT2D eigenvalue weighted by atomic mass is 35.5. The van der Waals surface area contributed by atoms with Crippen molar-refractivity contribution >= 4 is 34.4 Å². The van der Waals surface area contributed by atoms with Gasteiger partial charge in [0.1, 0.15) is 29.8 Å². The molecule has 1 fully saturated rings. The molecule has 4 unspecified atom stereocenters. The van der Waals surface area contributed by atoms with Crippen molar-refractivity contribution in [2.45, 2.75) is 24.5 Å². The Morgan fingerprint density at radius 2 is 2.09 bits per heavy atom. The summed E-state index contributed by atoms with van der Waals surface area (Å²) in [6.45, 7) is -0.492. The van der Waals surface area contributed by atoms with Gasteiger partial charge in [0, 0.05) is 6.20 Å². The fraction of sp³-hybridized carbons (Fsp3) is 0.417. The van der Waals surface area contributed by atoms with Gasteiger partial charge in [-0.15, -0.1) is 0 Å². The van der Waals surface area contributed by atoms with Crippen LogP contribution < -0.4 is 11.5 Å². The van der Waals surface area contributed by atoms with Crippen molar-refractivity contribution in [3.63, 3.8) is 0 Å². The molecule has 11 heteroatoms. The minimum atomic E-state index is -1.36. The molecule has 23 heavy (non-hydrogen) atoms. The summed E-state index contributed by atoms with van der Waals surface area (Å²) < 4.78 is 6.70. The van der Waals surface area contributed by atoms with Gasteiger partial charge >= 0.3 is 0 Å². The Morgan fingerprint density at radius 1 is 1.39 bits per heavy atom. The summed E-state index contributed by atoms with van der Waals surface area (Å²) >= 11 is 5.79. The highest BCUT2D eigenvalue weighted by Gasteiger charge is 2.44. The minimum Gasteiger partial charge on any atom is -0.394 e. The van der Waals surface area contributed by atoms with Crippen molar-refractivity contribution in [3.8, 4) is 0 Å². The number of anilines is 1. The van der Waals surface area contributed by atoms with E-state index in [1.807, 2.05) is 0 Å². The van der Waals surface area contributed by atoms with Gasteiger partial charge in [0.25, 0.3) is 5.91 Å². The SMILES string of the molecule is NC(=O)c1cn(C2OC(CO)C(O)C2O)c2nc(Cl)nc(N)c12. The Kier molecular flexibility index (Phi) is 3.86. The van der Waals surface area contributed by atoms with Crippen LogP contribution in [0.5, 0.6) is 0 Å². The molecule has 0 spiro atoms. The fourth-order valence-corrected chi connectivity index (χ4v) is 2.81. The molecule has 1 amide bonds. The molecule has 3 heterocycles. The van der Waals surface area contributed by atoms with Crippen molar-refractivity contribution in [3.05, 3.63) is 17.0 Å². The molecule has 0 aromatic carbocycles. The number of fused-ring (bicyclic) bond motifs is 1. The molecule has 2 aromatic rings. The predicted octanol–water partition coefficient (Wildman–Crippen LogP) is -1.62. The summed E-state index contributed by atoms with van der Waals surface area (Å²) in [6.07, 6.45) is -3.48. The van der Waals surface area contributed by atoms with E-state index in [4.69, 9.17) is 32.9 Å². The third-order valence-electron chi connectivity index (χ3n) is 3.73. The first kappa shape index (κ1) is 15.9. The molecular formula is C12H14ClN5O5. The van der Waals surface area contributed by atoms with E-state index in [0.717, 1.165) is 0 Å². The molecule has 1 aliphatic heterocycles. The van der Waals surface area contributed by atoms with E-state index in [1.165, 1.54) is 10.8 Å². The second kappa shape index (κ2) is 5.58. The summed E-state index contributed by atoms with van der Waals surface area (Å²) in [6, 6.07) is 0. The van der Waals surface area contributed by atoms with Gasteiger partial charge < -0.3 is 36.1 Å². The van der Waals surface area contributed by atoms with Gasteiger partial charge in [0.05, 0.1) is 17.6 Å². The maximum absolute atomic E-state index is 11.6. The van der Waals surface area contributed by atoms with Crippen LogP contribution >= 0.6 is 11.6 Å². The van der Waals surface area contributed by atoms with Gasteiger partial charge in [-0.25, -0.2) is 4.98 Å². The number of nitrogens with two attached hydrogens (primary N) is 2. The van der Waals surface area contributed by atoms with Crippen molar-refractivity contribution in [1.29, 1.82) is 0 Å². The first-order valence-electron chi connectivity index (χ1n) is 6.61. The zero-order chi connectivity index (χ0) is 16.9. The van der Waals surface area contributed by atoms with Crippen molar-refractivity contribution in [2.24, 2.45) is 5.73 Å². The van der Waals surface area contributed by atoms with E-state index in [0.29, 0.717) is 0 Å². The molecule has 0 bridgehead atoms. The average Bonchev–Trinajstić information content (AvgIpc) is 2.99. The number of hydrogen-bond donors (Lipinski definition) is 5. The number of aromatic nitrogens is 3. The Labute approximate surface area is 134 Å². The van der Waals surface area contributed by atoms with E-state index < -0.39 is 37.1 Å². The minimum absolute atomic E-state index is 0.0203. The van der Waals surface area contributed by atoms with Crippen LogP contribution in [0.25, 0.3) is 11.0 Å². The fourth-order valence-electron chi connectivity index (χ4n) is 2.64. The molecule has 124 valence electrons. The number of aliphatic hydroxyl groups is 3. The van der Waals surface area contributed by atoms with Crippen LogP contribution in [0.2, 0.25) is 5.28 Å². The summed E-state index contributed by atoms with van der Waals surface area (Å²) in [5, 5.41) is 29.2. The Morgan fingerprint density at radius 3 is 2.65 bits per heavy atom. The van der Waals surface area contributed by atoms with Crippen molar-refractivity contribution < 1.29 is 24.9 Å². The molecule has 1 aliphatic rings. The highest BCUT2D eigenvalue weighted by molar-refractivity contribution is 6.29. The van der Waals surface area contributed by atoms with E-state index in [9.17, 15) is 15.0 Å². The monoisotopic (exact) mass is 343 g/mol. The second-order valence-electron chi connectivity index (χ2n) is 5.12. The van der Waals surface area contributed by atoms with Crippen LogP contribution in [0.15, 0.2) is 6.20 Å². The number of carbonyl (C=O) groups is 1. The Hall–Kier alpha value is -1.98. The van der Waals surface area contributed by atoms with E-state index in [1.54, 1.807) is 0 Å². The zero-order valence-electron chi connectivity index (χ0n) is 11.6. The maximum Gasteiger partial charge on any atom is 0.251 e. The zero-order valence-corrected chi connectivity index (χ0v) is 12.4. The lowest BCUT2D eigenvalue weighted by Crippen LogP contribution is -2.33. The van der Waals surface area contributed by atoms with Crippen molar-refractivity contribution in [2.75, 3.05) is 12.3 Å². The molecule has 4 atom stereocenters. The molecule has 2 aromatic heterocycles. The standard InChI is InChI=1S/C12H14ClN5O5/c13-12-16-8(14)5-3(9(15)22)1-18(10(5)17-12)11-7(21)6(20)4(2-19)23-11/h1,4,6-7,11,19-21H,2H2,(H2,15,22)(H2,14,16,17). The average molecular weight is 344 g/mol. The number of hydrogen-bond acceptors (Lipinski definition) is 8. The molecule has 10 nitrogen and oxygen atoms in total. The van der Waals surface area contributed by atoms with Gasteiger partial charge in [-0.1, -0.05) is 0 Å². The normalized spacial score (nSPS) is 27.7. The quantitative estimate of drug-likeness (QED) is 0.414. The largest absolute Gasteiger partial charge is 0.394 e. The molecule has 1 saturated heterocycles. The number of rotatable bonds is 3. The van der Waals surface area contributed by atoms with Crippen LogP contribution in [0.1, 0.15) is 16.6 Å². The van der Waals surface area contributed by atoms with Gasteiger partial charge in [-0.2, -0.15) is 4.98 Å². The number of primary amides is 1. The van der Waals surface area contributed by atoms with Gasteiger partial charge in [-0.3, -0.25) is 4.79 Å². The first-order chi connectivity index (χ1) is 10.8. The predicted molar refractivity (Wildman–Crippen MR) is 78.5 cm³/mol. The van der Waals surface area contributed by atoms with Crippen molar-refractivity contribution in [1.82, 2.24) is 14.5 Å². The van der Waals surface area contributed by atoms with Gasteiger partial charge in [0.15, 0.2) is 6.23 Å². The topological polar surface area (TPSA) is 170 Å². The Bertz CT molecular complexity index is 781. The number of amides is 1. The van der Waals surface area contributed by atoms with Gasteiger partial charge in [0.2, 0.25) is 5.28 Å². The van der Waals surface area contributed by atoms with Crippen LogP contribution in [-0.2, 0) is 4.74 Å². The molecule has 7 N–H and O–H groups in total. The third kappa shape index (κ3) is 2.40. The molecule has 0 aliphatic carbocycles. The number of nitrogen functional groups attached to an aromatic ring is 1. The molecule has 3 rings (SSSR count). The highest BCUT2D eigenvalue weighted by Crippen LogP contribution is 2.35. The molecule has 0 saturated carbocycles. The van der Waals surface area contributed by atoms with E-state index >= 15 is 0 Å². The Balaban J connectivity index is 2.20. The number of ether oxygens (including phenoxy) is 1. The summed E-state index contributed by atoms with van der Waals surface area (Å²) in [4.78, 5) is 19.4. The third-order valence-corrected chi connectivity index (χ3v) is 3.90. The van der Waals surface area contributed by atoms with Crippen LogP contribution in [0, 0.1) is 0 Å². The number of nitrogens with zero attached hydrogens (tertiary/aromatic N) is 3. The van der Waals surface area contributed by atoms with Crippen LogP contribution in [0.4, 0.5) is 5.82 Å².